The minimum atomic E-state index is -0.432. The van der Waals surface area contributed by atoms with Crippen LogP contribution in [-0.2, 0) is 16.6 Å². The topological polar surface area (TPSA) is 30.0 Å². The van der Waals surface area contributed by atoms with Crippen molar-refractivity contribution in [1.82, 2.24) is 4.98 Å². The number of aromatic nitrogens is 1. The van der Waals surface area contributed by atoms with Crippen molar-refractivity contribution in [3.8, 4) is 0 Å². The molecule has 0 atom stereocenters. The standard InChI is InChI=1S/C10H14FNOS/c1-6(13)5-7-12-9(11)8(14-7)10(2,3)4/h5H2,1-4H3. The van der Waals surface area contributed by atoms with Crippen LogP contribution >= 0.6 is 11.3 Å². The summed E-state index contributed by atoms with van der Waals surface area (Å²) in [6, 6.07) is 0. The maximum absolute atomic E-state index is 13.3. The molecule has 0 aliphatic carbocycles. The van der Waals surface area contributed by atoms with Gasteiger partial charge in [0.1, 0.15) is 10.8 Å². The molecular weight excluding hydrogens is 201 g/mol. The van der Waals surface area contributed by atoms with Crippen LogP contribution in [0, 0.1) is 5.95 Å². The van der Waals surface area contributed by atoms with Gasteiger partial charge in [-0.05, 0) is 6.92 Å². The van der Waals surface area contributed by atoms with Crippen molar-refractivity contribution in [3.63, 3.8) is 0 Å². The van der Waals surface area contributed by atoms with Crippen molar-refractivity contribution in [2.45, 2.75) is 39.5 Å². The van der Waals surface area contributed by atoms with Gasteiger partial charge in [0.25, 0.3) is 0 Å². The first-order valence-electron chi connectivity index (χ1n) is 4.46. The van der Waals surface area contributed by atoms with E-state index in [4.69, 9.17) is 0 Å². The second kappa shape index (κ2) is 3.77. The van der Waals surface area contributed by atoms with Crippen molar-refractivity contribution in [3.05, 3.63) is 15.8 Å². The number of Topliss-reactive ketones (excluding diaryl/α,β-unsaturated/α-hetero) is 1. The van der Waals surface area contributed by atoms with Gasteiger partial charge in [0.05, 0.1) is 11.3 Å². The van der Waals surface area contributed by atoms with Gasteiger partial charge in [0.15, 0.2) is 0 Å². The molecule has 0 aliphatic heterocycles. The first-order chi connectivity index (χ1) is 6.30. The highest BCUT2D eigenvalue weighted by molar-refractivity contribution is 7.11. The van der Waals surface area contributed by atoms with Crippen molar-refractivity contribution in [2.75, 3.05) is 0 Å². The lowest BCUT2D eigenvalue weighted by atomic mass is 9.95. The average Bonchev–Trinajstić information content (AvgIpc) is 2.27. The molecule has 0 unspecified atom stereocenters. The Balaban J connectivity index is 2.99. The zero-order valence-electron chi connectivity index (χ0n) is 8.85. The molecule has 78 valence electrons. The molecular formula is C10H14FNOS. The first kappa shape index (κ1) is 11.3. The van der Waals surface area contributed by atoms with Crippen LogP contribution in [0.3, 0.4) is 0 Å². The number of rotatable bonds is 2. The lowest BCUT2D eigenvalue weighted by molar-refractivity contribution is -0.116. The molecule has 0 saturated heterocycles. The van der Waals surface area contributed by atoms with Gasteiger partial charge in [-0.2, -0.15) is 4.39 Å². The second-order valence-corrected chi connectivity index (χ2v) is 5.44. The summed E-state index contributed by atoms with van der Waals surface area (Å²) in [7, 11) is 0. The lowest BCUT2D eigenvalue weighted by Gasteiger charge is -2.14. The third kappa shape index (κ3) is 2.61. The highest BCUT2D eigenvalue weighted by Crippen LogP contribution is 2.30. The molecule has 1 rings (SSSR count). The predicted molar refractivity (Wildman–Crippen MR) is 55.2 cm³/mol. The van der Waals surface area contributed by atoms with E-state index in [0.717, 1.165) is 0 Å². The van der Waals surface area contributed by atoms with Gasteiger partial charge < -0.3 is 0 Å². The fourth-order valence-electron chi connectivity index (χ4n) is 1.09. The molecule has 0 bridgehead atoms. The Morgan fingerprint density at radius 3 is 2.43 bits per heavy atom. The van der Waals surface area contributed by atoms with Crippen LogP contribution < -0.4 is 0 Å². The van der Waals surface area contributed by atoms with Gasteiger partial charge >= 0.3 is 0 Å². The van der Waals surface area contributed by atoms with Crippen LogP contribution in [0.4, 0.5) is 4.39 Å². The summed E-state index contributed by atoms with van der Waals surface area (Å²) in [6.45, 7) is 7.28. The number of ketones is 1. The molecule has 1 aromatic rings. The maximum atomic E-state index is 13.3. The smallest absolute Gasteiger partial charge is 0.227 e. The van der Waals surface area contributed by atoms with E-state index in [1.807, 2.05) is 20.8 Å². The van der Waals surface area contributed by atoms with Crippen molar-refractivity contribution in [1.29, 1.82) is 0 Å². The summed E-state index contributed by atoms with van der Waals surface area (Å²) in [4.78, 5) is 15.2. The summed E-state index contributed by atoms with van der Waals surface area (Å²) in [5.41, 5.74) is -0.239. The third-order valence-electron chi connectivity index (χ3n) is 1.71. The average molecular weight is 215 g/mol. The minimum Gasteiger partial charge on any atom is -0.300 e. The molecule has 2 nitrogen and oxygen atoms in total. The van der Waals surface area contributed by atoms with Crippen LogP contribution in [-0.4, -0.2) is 10.8 Å². The number of halogens is 1. The van der Waals surface area contributed by atoms with Crippen molar-refractivity contribution in [2.24, 2.45) is 0 Å². The van der Waals surface area contributed by atoms with Gasteiger partial charge in [0.2, 0.25) is 5.95 Å². The summed E-state index contributed by atoms with van der Waals surface area (Å²) in [6.07, 6.45) is 0.234. The summed E-state index contributed by atoms with van der Waals surface area (Å²) in [5, 5.41) is 0.569. The highest BCUT2D eigenvalue weighted by Gasteiger charge is 2.23. The number of carbonyl (C=O) groups excluding carboxylic acids is 1. The van der Waals surface area contributed by atoms with E-state index in [1.165, 1.54) is 18.3 Å². The van der Waals surface area contributed by atoms with E-state index in [2.05, 4.69) is 4.98 Å². The van der Waals surface area contributed by atoms with E-state index in [1.54, 1.807) is 0 Å². The number of hydrogen-bond donors (Lipinski definition) is 0. The molecule has 0 radical (unpaired) electrons. The van der Waals surface area contributed by atoms with E-state index >= 15 is 0 Å². The molecule has 0 amide bonds. The first-order valence-corrected chi connectivity index (χ1v) is 5.27. The fourth-order valence-corrected chi connectivity index (χ4v) is 2.17. The van der Waals surface area contributed by atoms with E-state index < -0.39 is 5.95 Å². The second-order valence-electron chi connectivity index (χ2n) is 4.36. The van der Waals surface area contributed by atoms with E-state index in [-0.39, 0.29) is 17.6 Å². The van der Waals surface area contributed by atoms with Crippen LogP contribution in [0.5, 0.6) is 0 Å². The predicted octanol–water partition coefficient (Wildman–Crippen LogP) is 2.71. The van der Waals surface area contributed by atoms with Gasteiger partial charge in [-0.3, -0.25) is 4.79 Å². The Morgan fingerprint density at radius 2 is 2.07 bits per heavy atom. The molecule has 0 aromatic carbocycles. The monoisotopic (exact) mass is 215 g/mol. The number of carbonyl (C=O) groups is 1. The van der Waals surface area contributed by atoms with Gasteiger partial charge in [-0.25, -0.2) is 4.98 Å². The van der Waals surface area contributed by atoms with E-state index in [9.17, 15) is 9.18 Å². The number of nitrogens with zero attached hydrogens (tertiary/aromatic N) is 1. The van der Waals surface area contributed by atoms with E-state index in [0.29, 0.717) is 9.88 Å². The van der Waals surface area contributed by atoms with Crippen LogP contribution in [0.25, 0.3) is 0 Å². The SMILES string of the molecule is CC(=O)Cc1nc(F)c(C(C)(C)C)s1. The fraction of sp³-hybridized carbons (Fsp3) is 0.600. The van der Waals surface area contributed by atoms with Crippen molar-refractivity contribution < 1.29 is 9.18 Å². The Hall–Kier alpha value is -0.770. The lowest BCUT2D eigenvalue weighted by Crippen LogP contribution is -2.10. The minimum absolute atomic E-state index is 0.0132. The Morgan fingerprint density at radius 1 is 1.50 bits per heavy atom. The molecule has 1 heterocycles. The van der Waals surface area contributed by atoms with Crippen LogP contribution in [0.1, 0.15) is 37.6 Å². The number of hydrogen-bond acceptors (Lipinski definition) is 3. The van der Waals surface area contributed by atoms with Gasteiger partial charge in [0, 0.05) is 5.41 Å². The Bertz CT molecular complexity index is 351. The molecule has 0 spiro atoms. The largest absolute Gasteiger partial charge is 0.300 e. The number of thiazole rings is 1. The molecule has 1 aromatic heterocycles. The van der Waals surface area contributed by atoms with Crippen LogP contribution in [0.2, 0.25) is 0 Å². The summed E-state index contributed by atoms with van der Waals surface area (Å²) >= 11 is 1.29. The molecule has 0 aliphatic rings. The molecule has 14 heavy (non-hydrogen) atoms. The molecule has 4 heteroatoms. The summed E-state index contributed by atoms with van der Waals surface area (Å²) in [5.74, 6) is -0.419. The zero-order chi connectivity index (χ0) is 10.9. The molecule has 0 N–H and O–H groups in total. The maximum Gasteiger partial charge on any atom is 0.227 e. The van der Waals surface area contributed by atoms with Gasteiger partial charge in [-0.15, -0.1) is 11.3 Å². The normalized spacial score (nSPS) is 11.8. The van der Waals surface area contributed by atoms with Gasteiger partial charge in [-0.1, -0.05) is 20.8 Å². The van der Waals surface area contributed by atoms with Crippen molar-refractivity contribution >= 4 is 17.1 Å². The Labute approximate surface area is 87.2 Å². The highest BCUT2D eigenvalue weighted by atomic mass is 32.1. The third-order valence-corrected chi connectivity index (χ3v) is 3.17. The molecule has 0 fully saturated rings. The molecule has 0 saturated carbocycles. The van der Waals surface area contributed by atoms with Crippen LogP contribution in [0.15, 0.2) is 0 Å². The Kier molecular flexibility index (Phi) is 3.04. The zero-order valence-corrected chi connectivity index (χ0v) is 9.67. The quantitative estimate of drug-likeness (QED) is 0.759. The summed E-state index contributed by atoms with van der Waals surface area (Å²) < 4.78 is 13.3.